The average Bonchev–Trinajstić information content (AvgIpc) is 3.00. The Morgan fingerprint density at radius 3 is 2.58 bits per heavy atom. The Balaban J connectivity index is 1.74. The number of anilines is 1. The summed E-state index contributed by atoms with van der Waals surface area (Å²) in [5.74, 6) is -1.28. The fourth-order valence-electron chi connectivity index (χ4n) is 3.30. The van der Waals surface area contributed by atoms with Crippen LogP contribution in [0, 0.1) is 11.6 Å². The summed E-state index contributed by atoms with van der Waals surface area (Å²) in [6, 6.07) is 10.4. The van der Waals surface area contributed by atoms with E-state index in [9.17, 15) is 8.78 Å². The van der Waals surface area contributed by atoms with Crippen LogP contribution in [0.1, 0.15) is 5.56 Å². The monoisotopic (exact) mass is 504 g/mol. The van der Waals surface area contributed by atoms with Gasteiger partial charge in [-0.2, -0.15) is 5.10 Å². The van der Waals surface area contributed by atoms with Crippen molar-refractivity contribution in [3.63, 3.8) is 0 Å². The van der Waals surface area contributed by atoms with Gasteiger partial charge in [0.2, 0.25) is 0 Å². The molecule has 0 unspecified atom stereocenters. The van der Waals surface area contributed by atoms with Gasteiger partial charge in [-0.25, -0.2) is 18.5 Å². The second kappa shape index (κ2) is 8.64. The van der Waals surface area contributed by atoms with Crippen molar-refractivity contribution in [2.45, 2.75) is 32.4 Å². The second-order valence-electron chi connectivity index (χ2n) is 8.60. The number of aromatic nitrogens is 2. The van der Waals surface area contributed by atoms with Gasteiger partial charge in [-0.1, -0.05) is 41.6 Å². The smallest absolute Gasteiger partial charge is 0.144 e. The summed E-state index contributed by atoms with van der Waals surface area (Å²) in [4.78, 5) is 4.56. The van der Waals surface area contributed by atoms with E-state index in [-0.39, 0.29) is 18.1 Å². The third-order valence-electron chi connectivity index (χ3n) is 4.95. The lowest BCUT2D eigenvalue weighted by Crippen LogP contribution is -2.22. The molecule has 1 aliphatic heterocycles. The molecule has 1 aliphatic rings. The summed E-state index contributed by atoms with van der Waals surface area (Å²) in [6.45, 7) is 7.83. The van der Waals surface area contributed by atoms with E-state index in [1.807, 2.05) is 12.1 Å². The van der Waals surface area contributed by atoms with E-state index in [2.05, 4.69) is 51.0 Å². The van der Waals surface area contributed by atoms with E-state index in [1.165, 1.54) is 18.2 Å². The zero-order valence-electron chi connectivity index (χ0n) is 17.5. The van der Waals surface area contributed by atoms with Gasteiger partial charge in [0.05, 0.1) is 28.8 Å². The van der Waals surface area contributed by atoms with Crippen LogP contribution in [-0.2, 0) is 11.5 Å². The molecule has 0 saturated heterocycles. The van der Waals surface area contributed by atoms with Gasteiger partial charge in [0.25, 0.3) is 0 Å². The molecular formula is C22H23BrF2N4OSi. The molecule has 0 fully saturated rings. The van der Waals surface area contributed by atoms with Crippen LogP contribution in [-0.4, -0.2) is 30.3 Å². The molecule has 1 aromatic heterocycles. The molecule has 0 amide bonds. The lowest BCUT2D eigenvalue weighted by atomic mass is 10.1. The maximum absolute atomic E-state index is 14.5. The average molecular weight is 505 g/mol. The normalized spacial score (nSPS) is 13.2. The molecule has 3 aromatic rings. The maximum atomic E-state index is 14.5. The van der Waals surface area contributed by atoms with Gasteiger partial charge in [-0.15, -0.1) is 0 Å². The van der Waals surface area contributed by atoms with Crippen LogP contribution >= 0.6 is 15.9 Å². The van der Waals surface area contributed by atoms with Crippen molar-refractivity contribution < 1.29 is 13.5 Å². The van der Waals surface area contributed by atoms with E-state index in [4.69, 9.17) is 4.74 Å². The molecular weight excluding hydrogens is 482 g/mol. The lowest BCUT2D eigenvalue weighted by Gasteiger charge is -2.16. The summed E-state index contributed by atoms with van der Waals surface area (Å²) in [7, 11) is -1.20. The minimum Gasteiger partial charge on any atom is -0.360 e. The van der Waals surface area contributed by atoms with Crippen molar-refractivity contribution in [1.29, 1.82) is 0 Å². The van der Waals surface area contributed by atoms with Crippen LogP contribution in [0.4, 0.5) is 20.2 Å². The number of hydrogen-bond acceptors (Lipinski definition) is 4. The number of nitrogens with zero attached hydrogens (tertiary/aromatic N) is 3. The highest BCUT2D eigenvalue weighted by Crippen LogP contribution is 2.40. The quantitative estimate of drug-likeness (QED) is 0.311. The zero-order chi connectivity index (χ0) is 22.2. The van der Waals surface area contributed by atoms with Crippen molar-refractivity contribution >= 4 is 41.2 Å². The summed E-state index contributed by atoms with van der Waals surface area (Å²) in [6.07, 6.45) is 1.63. The summed E-state index contributed by atoms with van der Waals surface area (Å²) in [5.41, 5.74) is 2.51. The Labute approximate surface area is 189 Å². The van der Waals surface area contributed by atoms with Crippen LogP contribution in [0.25, 0.3) is 11.3 Å². The van der Waals surface area contributed by atoms with Crippen LogP contribution in [0.5, 0.6) is 0 Å². The highest BCUT2D eigenvalue weighted by atomic mass is 79.9. The number of ether oxygens (including phenoxy) is 1. The van der Waals surface area contributed by atoms with Crippen molar-refractivity contribution in [2.24, 2.45) is 4.99 Å². The van der Waals surface area contributed by atoms with Crippen LogP contribution in [0.15, 0.2) is 52.1 Å². The van der Waals surface area contributed by atoms with E-state index < -0.39 is 19.7 Å². The van der Waals surface area contributed by atoms with Gasteiger partial charge in [0.1, 0.15) is 24.2 Å². The Hall–Kier alpha value is -2.36. The number of aliphatic imine (C=N–C) groups is 1. The summed E-state index contributed by atoms with van der Waals surface area (Å²) < 4.78 is 37.5. The Bertz CT molecular complexity index is 1140. The molecule has 162 valence electrons. The lowest BCUT2D eigenvalue weighted by molar-refractivity contribution is 0.0798. The van der Waals surface area contributed by atoms with Crippen molar-refractivity contribution in [1.82, 2.24) is 9.78 Å². The number of hydrogen-bond donors (Lipinski definition) is 1. The number of nitrogens with one attached hydrogen (secondary N) is 1. The Morgan fingerprint density at radius 2 is 1.87 bits per heavy atom. The summed E-state index contributed by atoms with van der Waals surface area (Å²) in [5, 5.41) is 7.54. The van der Waals surface area contributed by atoms with Gasteiger partial charge in [0.15, 0.2) is 0 Å². The molecule has 0 bridgehead atoms. The SMILES string of the molecule is C[Si](C)(C)CCOCn1ncc2c1-c1cc(Br)ccc1N=C(c1c(F)cccc1F)N2. The van der Waals surface area contributed by atoms with Gasteiger partial charge in [-0.3, -0.25) is 0 Å². The van der Waals surface area contributed by atoms with Gasteiger partial charge < -0.3 is 10.1 Å². The van der Waals surface area contributed by atoms with E-state index in [0.717, 1.165) is 21.8 Å². The second-order valence-corrected chi connectivity index (χ2v) is 15.1. The molecule has 0 saturated carbocycles. The molecule has 0 spiro atoms. The molecule has 0 atom stereocenters. The van der Waals surface area contributed by atoms with Crippen LogP contribution in [0.2, 0.25) is 25.7 Å². The fourth-order valence-corrected chi connectivity index (χ4v) is 4.42. The molecule has 5 nitrogen and oxygen atoms in total. The van der Waals surface area contributed by atoms with E-state index in [1.54, 1.807) is 16.9 Å². The van der Waals surface area contributed by atoms with E-state index in [0.29, 0.717) is 18.0 Å². The number of benzene rings is 2. The largest absolute Gasteiger partial charge is 0.360 e. The summed E-state index contributed by atoms with van der Waals surface area (Å²) >= 11 is 3.50. The number of amidine groups is 1. The first-order chi connectivity index (χ1) is 14.7. The first-order valence-corrected chi connectivity index (χ1v) is 14.5. The minimum atomic E-state index is -1.20. The predicted octanol–water partition coefficient (Wildman–Crippen LogP) is 6.41. The van der Waals surface area contributed by atoms with Gasteiger partial charge >= 0.3 is 0 Å². The van der Waals surface area contributed by atoms with Gasteiger partial charge in [0, 0.05) is 24.7 Å². The molecule has 9 heteroatoms. The third-order valence-corrected chi connectivity index (χ3v) is 7.15. The van der Waals surface area contributed by atoms with Gasteiger partial charge in [-0.05, 0) is 36.4 Å². The Kier molecular flexibility index (Phi) is 6.09. The van der Waals surface area contributed by atoms with Crippen molar-refractivity contribution in [3.05, 3.63) is 64.3 Å². The number of fused-ring (bicyclic) bond motifs is 3. The first-order valence-electron chi connectivity index (χ1n) is 9.96. The van der Waals surface area contributed by atoms with E-state index >= 15 is 0 Å². The topological polar surface area (TPSA) is 51.4 Å². The predicted molar refractivity (Wildman–Crippen MR) is 126 cm³/mol. The van der Waals surface area contributed by atoms with Crippen LogP contribution in [0.3, 0.4) is 0 Å². The third kappa shape index (κ3) is 4.78. The highest BCUT2D eigenvalue weighted by molar-refractivity contribution is 9.10. The maximum Gasteiger partial charge on any atom is 0.144 e. The first kappa shape index (κ1) is 21.9. The molecule has 0 aliphatic carbocycles. The highest BCUT2D eigenvalue weighted by Gasteiger charge is 2.25. The van der Waals surface area contributed by atoms with Crippen molar-refractivity contribution in [2.75, 3.05) is 11.9 Å². The standard InChI is InChI=1S/C22H23BrF2N4OSi/c1-31(2,3)10-9-30-13-29-21-15-11-14(23)7-8-18(15)27-22(28-19(21)12-26-29)20-16(24)5-4-6-17(20)25/h4-8,11-12H,9-10,13H2,1-3H3,(H,27,28). The molecule has 4 rings (SSSR count). The molecule has 2 heterocycles. The van der Waals surface area contributed by atoms with Crippen LogP contribution < -0.4 is 5.32 Å². The molecule has 31 heavy (non-hydrogen) atoms. The molecule has 1 N–H and O–H groups in total. The minimum absolute atomic E-state index is 0.0946. The zero-order valence-corrected chi connectivity index (χ0v) is 20.1. The molecule has 0 radical (unpaired) electrons. The number of halogens is 3. The van der Waals surface area contributed by atoms with Crippen molar-refractivity contribution in [3.8, 4) is 11.3 Å². The molecule has 2 aromatic carbocycles. The Morgan fingerprint density at radius 1 is 1.13 bits per heavy atom. The number of rotatable bonds is 6. The fraction of sp³-hybridized carbons (Fsp3) is 0.273.